The molecule has 0 unspecified atom stereocenters. The fourth-order valence-corrected chi connectivity index (χ4v) is 2.25. The summed E-state index contributed by atoms with van der Waals surface area (Å²) in [5.74, 6) is -0.221. The van der Waals surface area contributed by atoms with E-state index in [1.807, 2.05) is 24.3 Å². The van der Waals surface area contributed by atoms with Crippen LogP contribution in [0.3, 0.4) is 0 Å². The third-order valence-corrected chi connectivity index (χ3v) is 3.35. The van der Waals surface area contributed by atoms with E-state index in [2.05, 4.69) is 20.5 Å². The molecule has 1 amide bonds. The second-order valence-electron chi connectivity index (χ2n) is 4.41. The summed E-state index contributed by atoms with van der Waals surface area (Å²) in [7, 11) is 0. The van der Waals surface area contributed by atoms with Crippen molar-refractivity contribution in [1.29, 1.82) is 0 Å². The molecule has 1 aromatic carbocycles. The number of hydrogen-bond donors (Lipinski definition) is 1. The summed E-state index contributed by atoms with van der Waals surface area (Å²) in [5.41, 5.74) is 1.18. The van der Waals surface area contributed by atoms with Crippen LogP contribution in [-0.2, 0) is 6.54 Å². The SMILES string of the molecule is O=C(NCc1cccnn1)c1cnc(Cl)c2ccccc12. The van der Waals surface area contributed by atoms with Crippen LogP contribution in [0.2, 0.25) is 5.15 Å². The van der Waals surface area contributed by atoms with Crippen molar-refractivity contribution in [2.24, 2.45) is 0 Å². The molecule has 0 saturated heterocycles. The average Bonchev–Trinajstić information content (AvgIpc) is 2.54. The number of carbonyl (C=O) groups excluding carboxylic acids is 1. The summed E-state index contributed by atoms with van der Waals surface area (Å²) in [6.07, 6.45) is 3.07. The number of nitrogens with one attached hydrogen (secondary N) is 1. The molecule has 0 bridgehead atoms. The summed E-state index contributed by atoms with van der Waals surface area (Å²) in [6, 6.07) is 11.0. The van der Waals surface area contributed by atoms with Crippen molar-refractivity contribution in [3.8, 4) is 0 Å². The van der Waals surface area contributed by atoms with E-state index in [4.69, 9.17) is 11.6 Å². The second kappa shape index (κ2) is 5.85. The molecular formula is C15H11ClN4O. The van der Waals surface area contributed by atoms with Gasteiger partial charge in [0, 0.05) is 17.8 Å². The molecule has 2 aromatic heterocycles. The zero-order chi connectivity index (χ0) is 14.7. The van der Waals surface area contributed by atoms with E-state index >= 15 is 0 Å². The number of carbonyl (C=O) groups is 1. The molecule has 0 fully saturated rings. The van der Waals surface area contributed by atoms with E-state index in [1.54, 1.807) is 18.3 Å². The molecule has 0 atom stereocenters. The standard InChI is InChI=1S/C15H11ClN4O/c16-14-12-6-2-1-5-11(12)13(9-17-14)15(21)18-8-10-4-3-7-19-20-10/h1-7,9H,8H2,(H,18,21). The number of hydrogen-bond acceptors (Lipinski definition) is 4. The Balaban J connectivity index is 1.87. The first-order valence-corrected chi connectivity index (χ1v) is 6.71. The molecule has 0 aliphatic heterocycles. The smallest absolute Gasteiger partial charge is 0.253 e. The summed E-state index contributed by atoms with van der Waals surface area (Å²) in [4.78, 5) is 16.4. The number of rotatable bonds is 3. The normalized spacial score (nSPS) is 10.5. The van der Waals surface area contributed by atoms with E-state index in [0.717, 1.165) is 10.8 Å². The quantitative estimate of drug-likeness (QED) is 0.755. The van der Waals surface area contributed by atoms with Crippen molar-refractivity contribution >= 4 is 28.3 Å². The molecule has 0 saturated carbocycles. The topological polar surface area (TPSA) is 67.8 Å². The molecule has 3 aromatic rings. The lowest BCUT2D eigenvalue weighted by Crippen LogP contribution is -2.23. The van der Waals surface area contributed by atoms with Crippen LogP contribution in [0.1, 0.15) is 16.1 Å². The van der Waals surface area contributed by atoms with Crippen molar-refractivity contribution in [1.82, 2.24) is 20.5 Å². The van der Waals surface area contributed by atoms with Gasteiger partial charge in [-0.1, -0.05) is 35.9 Å². The van der Waals surface area contributed by atoms with Crippen LogP contribution in [0.4, 0.5) is 0 Å². The van der Waals surface area contributed by atoms with E-state index in [9.17, 15) is 4.79 Å². The highest BCUT2D eigenvalue weighted by molar-refractivity contribution is 6.34. The first-order chi connectivity index (χ1) is 10.3. The van der Waals surface area contributed by atoms with E-state index in [-0.39, 0.29) is 5.91 Å². The molecule has 5 nitrogen and oxygen atoms in total. The Kier molecular flexibility index (Phi) is 3.75. The maximum absolute atomic E-state index is 12.3. The lowest BCUT2D eigenvalue weighted by molar-refractivity contribution is 0.0951. The minimum Gasteiger partial charge on any atom is -0.346 e. The number of nitrogens with zero attached hydrogens (tertiary/aromatic N) is 3. The number of fused-ring (bicyclic) bond motifs is 1. The zero-order valence-electron chi connectivity index (χ0n) is 11.0. The molecule has 2 heterocycles. The Hall–Kier alpha value is -2.53. The van der Waals surface area contributed by atoms with Crippen molar-refractivity contribution < 1.29 is 4.79 Å². The Bertz CT molecular complexity index is 792. The summed E-state index contributed by atoms with van der Waals surface area (Å²) in [6.45, 7) is 0.309. The van der Waals surface area contributed by atoms with Crippen molar-refractivity contribution in [2.75, 3.05) is 0 Å². The Labute approximate surface area is 126 Å². The van der Waals surface area contributed by atoms with Crippen molar-refractivity contribution in [3.63, 3.8) is 0 Å². The third-order valence-electron chi connectivity index (χ3n) is 3.05. The summed E-state index contributed by atoms with van der Waals surface area (Å²) < 4.78 is 0. The highest BCUT2D eigenvalue weighted by Crippen LogP contribution is 2.24. The van der Waals surface area contributed by atoms with Crippen LogP contribution >= 0.6 is 11.6 Å². The highest BCUT2D eigenvalue weighted by atomic mass is 35.5. The number of benzene rings is 1. The van der Waals surface area contributed by atoms with E-state index < -0.39 is 0 Å². The van der Waals surface area contributed by atoms with Gasteiger partial charge in [-0.3, -0.25) is 4.79 Å². The van der Waals surface area contributed by atoms with Gasteiger partial charge in [0.1, 0.15) is 5.15 Å². The zero-order valence-corrected chi connectivity index (χ0v) is 11.7. The Morgan fingerprint density at radius 1 is 1.14 bits per heavy atom. The predicted octanol–water partition coefficient (Wildman–Crippen LogP) is 2.61. The highest BCUT2D eigenvalue weighted by Gasteiger charge is 2.12. The maximum Gasteiger partial charge on any atom is 0.253 e. The molecule has 1 N–H and O–H groups in total. The summed E-state index contributed by atoms with van der Waals surface area (Å²) in [5, 5.41) is 12.4. The van der Waals surface area contributed by atoms with Gasteiger partial charge in [-0.2, -0.15) is 10.2 Å². The Morgan fingerprint density at radius 2 is 1.95 bits per heavy atom. The van der Waals surface area contributed by atoms with Crippen LogP contribution in [0, 0.1) is 0 Å². The van der Waals surface area contributed by atoms with Gasteiger partial charge in [0.05, 0.1) is 17.8 Å². The van der Waals surface area contributed by atoms with Crippen LogP contribution in [0.15, 0.2) is 48.8 Å². The van der Waals surface area contributed by atoms with Gasteiger partial charge in [-0.25, -0.2) is 4.98 Å². The molecule has 0 aliphatic rings. The van der Waals surface area contributed by atoms with E-state index in [1.165, 1.54) is 6.20 Å². The first kappa shape index (κ1) is 13.5. The molecular weight excluding hydrogens is 288 g/mol. The molecule has 0 radical (unpaired) electrons. The predicted molar refractivity (Wildman–Crippen MR) is 80.0 cm³/mol. The fourth-order valence-electron chi connectivity index (χ4n) is 2.03. The van der Waals surface area contributed by atoms with Crippen LogP contribution in [-0.4, -0.2) is 21.1 Å². The van der Waals surface area contributed by atoms with Crippen molar-refractivity contribution in [3.05, 3.63) is 65.2 Å². The number of aromatic nitrogens is 3. The monoisotopic (exact) mass is 298 g/mol. The molecule has 104 valence electrons. The van der Waals surface area contributed by atoms with Gasteiger partial charge < -0.3 is 5.32 Å². The lowest BCUT2D eigenvalue weighted by Gasteiger charge is -2.08. The van der Waals surface area contributed by atoms with Crippen LogP contribution in [0.25, 0.3) is 10.8 Å². The second-order valence-corrected chi connectivity index (χ2v) is 4.76. The number of pyridine rings is 1. The number of amides is 1. The van der Waals surface area contributed by atoms with Crippen LogP contribution < -0.4 is 5.32 Å². The summed E-state index contributed by atoms with van der Waals surface area (Å²) >= 11 is 6.05. The average molecular weight is 299 g/mol. The van der Waals surface area contributed by atoms with Gasteiger partial charge in [-0.15, -0.1) is 0 Å². The van der Waals surface area contributed by atoms with Gasteiger partial charge in [0.25, 0.3) is 5.91 Å². The first-order valence-electron chi connectivity index (χ1n) is 6.34. The Morgan fingerprint density at radius 3 is 2.71 bits per heavy atom. The maximum atomic E-state index is 12.3. The minimum absolute atomic E-state index is 0.221. The minimum atomic E-state index is -0.221. The lowest BCUT2D eigenvalue weighted by atomic mass is 10.1. The number of halogens is 1. The fraction of sp³-hybridized carbons (Fsp3) is 0.0667. The molecule has 6 heteroatoms. The van der Waals surface area contributed by atoms with E-state index in [0.29, 0.717) is 23.0 Å². The van der Waals surface area contributed by atoms with Gasteiger partial charge in [0.2, 0.25) is 0 Å². The van der Waals surface area contributed by atoms with Gasteiger partial charge in [0.15, 0.2) is 0 Å². The largest absolute Gasteiger partial charge is 0.346 e. The molecule has 3 rings (SSSR count). The van der Waals surface area contributed by atoms with Gasteiger partial charge >= 0.3 is 0 Å². The third kappa shape index (κ3) is 2.83. The molecule has 21 heavy (non-hydrogen) atoms. The van der Waals surface area contributed by atoms with Gasteiger partial charge in [-0.05, 0) is 17.5 Å². The van der Waals surface area contributed by atoms with Crippen LogP contribution in [0.5, 0.6) is 0 Å². The molecule has 0 spiro atoms. The molecule has 0 aliphatic carbocycles. The van der Waals surface area contributed by atoms with Crippen molar-refractivity contribution in [2.45, 2.75) is 6.54 Å².